The Labute approximate surface area is 59.3 Å². The fraction of sp³-hybridized carbons (Fsp3) is 1.00. The van der Waals surface area contributed by atoms with Crippen LogP contribution in [0.15, 0.2) is 5.28 Å². The van der Waals surface area contributed by atoms with Gasteiger partial charge < -0.3 is 15.7 Å². The van der Waals surface area contributed by atoms with Crippen molar-refractivity contribution >= 4 is 0 Å². The van der Waals surface area contributed by atoms with Crippen LogP contribution in [-0.2, 0) is 0 Å². The molecule has 0 atom stereocenters. The van der Waals surface area contributed by atoms with Crippen LogP contribution >= 0.6 is 0 Å². The molecule has 0 saturated heterocycles. The number of nitrogens with one attached hydrogen (secondary N) is 1. The second-order valence-corrected chi connectivity index (χ2v) is 1.83. The molecule has 0 spiro atoms. The van der Waals surface area contributed by atoms with Gasteiger partial charge in [-0.15, -0.1) is 5.01 Å². The first-order valence-electron chi connectivity index (χ1n) is 2.90. The van der Waals surface area contributed by atoms with Crippen molar-refractivity contribution in [1.29, 1.82) is 0 Å². The predicted octanol–water partition coefficient (Wildman–Crippen LogP) is -0.596. The SMILES string of the molecule is CNCCN(C)[N+]([O-])=NO. The van der Waals surface area contributed by atoms with Gasteiger partial charge in [0.25, 0.3) is 0 Å². The van der Waals surface area contributed by atoms with Crippen LogP contribution in [0.3, 0.4) is 0 Å². The predicted molar refractivity (Wildman–Crippen MR) is 34.4 cm³/mol. The number of hydrogen-bond donors (Lipinski definition) is 2. The van der Waals surface area contributed by atoms with Crippen molar-refractivity contribution in [3.05, 3.63) is 5.21 Å². The number of likely N-dealkylation sites (N-methyl/N-ethyl adjacent to an activating group) is 2. The Morgan fingerprint density at radius 1 is 1.80 bits per heavy atom. The number of rotatable bonds is 4. The Morgan fingerprint density at radius 3 is 2.80 bits per heavy atom. The maximum absolute atomic E-state index is 10.4. The zero-order chi connectivity index (χ0) is 7.98. The second-order valence-electron chi connectivity index (χ2n) is 1.83. The lowest BCUT2D eigenvalue weighted by atomic mass is 10.6. The Morgan fingerprint density at radius 2 is 2.40 bits per heavy atom. The van der Waals surface area contributed by atoms with Crippen LogP contribution in [0, 0.1) is 5.21 Å². The van der Waals surface area contributed by atoms with E-state index in [-0.39, 0.29) is 4.97 Å². The molecule has 0 heterocycles. The van der Waals surface area contributed by atoms with Crippen LogP contribution in [0.1, 0.15) is 0 Å². The number of hydrogen-bond acceptors (Lipinski definition) is 3. The molecule has 10 heavy (non-hydrogen) atoms. The smallest absolute Gasteiger partial charge is 0.230 e. The highest BCUT2D eigenvalue weighted by atomic mass is 16.6. The van der Waals surface area contributed by atoms with Crippen molar-refractivity contribution in [3.63, 3.8) is 0 Å². The van der Waals surface area contributed by atoms with Crippen LogP contribution in [0.5, 0.6) is 0 Å². The molecule has 0 aromatic carbocycles. The van der Waals surface area contributed by atoms with Gasteiger partial charge in [-0.1, -0.05) is 0 Å². The molecule has 0 radical (unpaired) electrons. The quantitative estimate of drug-likeness (QED) is 0.317. The lowest BCUT2D eigenvalue weighted by molar-refractivity contribution is -0.703. The summed E-state index contributed by atoms with van der Waals surface area (Å²) in [5, 5.41) is 24.9. The van der Waals surface area contributed by atoms with Gasteiger partial charge >= 0.3 is 0 Å². The van der Waals surface area contributed by atoms with E-state index in [1.54, 1.807) is 7.05 Å². The number of hydrazine groups is 1. The Hall–Kier alpha value is -1.04. The molecule has 0 aromatic rings. The van der Waals surface area contributed by atoms with Crippen molar-refractivity contribution < 1.29 is 10.2 Å². The molecular formula is C4H12N4O2. The summed E-state index contributed by atoms with van der Waals surface area (Å²) in [6.07, 6.45) is 0. The third kappa shape index (κ3) is 3.08. The van der Waals surface area contributed by atoms with E-state index < -0.39 is 0 Å². The largest absolute Gasteiger partial charge is 0.569 e. The molecule has 0 rings (SSSR count). The van der Waals surface area contributed by atoms with Gasteiger partial charge in [0, 0.05) is 6.54 Å². The average Bonchev–Trinajstić information content (AvgIpc) is 1.98. The topological polar surface area (TPSA) is 73.9 Å². The summed E-state index contributed by atoms with van der Waals surface area (Å²) in [6.45, 7) is 1.18. The molecule has 0 aliphatic rings. The molecular weight excluding hydrogens is 136 g/mol. The van der Waals surface area contributed by atoms with Gasteiger partial charge in [-0.2, -0.15) is 0 Å². The Kier molecular flexibility index (Phi) is 4.30. The van der Waals surface area contributed by atoms with Crippen LogP contribution in [0.25, 0.3) is 0 Å². The van der Waals surface area contributed by atoms with Crippen molar-refractivity contribution in [2.75, 3.05) is 27.2 Å². The first kappa shape index (κ1) is 8.96. The maximum atomic E-state index is 10.4. The van der Waals surface area contributed by atoms with Crippen molar-refractivity contribution in [2.24, 2.45) is 5.28 Å². The van der Waals surface area contributed by atoms with Gasteiger partial charge in [-0.05, 0) is 7.05 Å². The zero-order valence-corrected chi connectivity index (χ0v) is 6.11. The standard InChI is InChI=1S/C4H12N4O2/c1-5-3-4-7(2)8(10)6-9/h5,9H,3-4H2,1-2H3. The lowest BCUT2D eigenvalue weighted by Crippen LogP contribution is -2.32. The van der Waals surface area contributed by atoms with Crippen LogP contribution in [0.4, 0.5) is 0 Å². The highest BCUT2D eigenvalue weighted by Crippen LogP contribution is 1.81. The molecule has 0 saturated carbocycles. The van der Waals surface area contributed by atoms with Crippen LogP contribution < -0.4 is 5.32 Å². The molecule has 0 bridgehead atoms. The molecule has 6 heteroatoms. The first-order chi connectivity index (χ1) is 4.72. The normalized spacial score (nSPS) is 11.6. The molecule has 60 valence electrons. The summed E-state index contributed by atoms with van der Waals surface area (Å²) in [4.78, 5) is 0.122. The molecule has 0 amide bonds. The first-order valence-corrected chi connectivity index (χ1v) is 2.90. The van der Waals surface area contributed by atoms with E-state index in [9.17, 15) is 5.21 Å². The van der Waals surface area contributed by atoms with Crippen molar-refractivity contribution in [3.8, 4) is 0 Å². The summed E-state index contributed by atoms with van der Waals surface area (Å²) < 4.78 is 0. The summed E-state index contributed by atoms with van der Waals surface area (Å²) in [7, 11) is 3.31. The Balaban J connectivity index is 3.51. The zero-order valence-electron chi connectivity index (χ0n) is 6.11. The third-order valence-electron chi connectivity index (χ3n) is 1.05. The van der Waals surface area contributed by atoms with Crippen LogP contribution in [-0.4, -0.2) is 42.4 Å². The second kappa shape index (κ2) is 4.80. The minimum Gasteiger partial charge on any atom is -0.569 e. The van der Waals surface area contributed by atoms with E-state index >= 15 is 0 Å². The monoisotopic (exact) mass is 148 g/mol. The molecule has 2 N–H and O–H groups in total. The van der Waals surface area contributed by atoms with E-state index in [4.69, 9.17) is 5.21 Å². The number of nitrogens with zero attached hydrogens (tertiary/aromatic N) is 3. The van der Waals surface area contributed by atoms with Crippen molar-refractivity contribution in [1.82, 2.24) is 10.3 Å². The maximum Gasteiger partial charge on any atom is 0.230 e. The fourth-order valence-corrected chi connectivity index (χ4v) is 0.427. The average molecular weight is 148 g/mol. The van der Waals surface area contributed by atoms with E-state index in [1.165, 1.54) is 12.1 Å². The third-order valence-corrected chi connectivity index (χ3v) is 1.05. The summed E-state index contributed by atoms with van der Waals surface area (Å²) in [5.41, 5.74) is 0. The molecule has 0 aromatic heterocycles. The highest BCUT2D eigenvalue weighted by molar-refractivity contribution is 4.39. The molecule has 0 unspecified atom stereocenters. The van der Waals surface area contributed by atoms with E-state index in [0.717, 1.165) is 0 Å². The van der Waals surface area contributed by atoms with Gasteiger partial charge in [-0.3, -0.25) is 0 Å². The van der Waals surface area contributed by atoms with E-state index in [1.807, 2.05) is 0 Å². The van der Waals surface area contributed by atoms with Gasteiger partial charge in [0.1, 0.15) is 0 Å². The fourth-order valence-electron chi connectivity index (χ4n) is 0.427. The minimum atomic E-state index is 0.122. The van der Waals surface area contributed by atoms with Gasteiger partial charge in [0.15, 0.2) is 0 Å². The van der Waals surface area contributed by atoms with Crippen LogP contribution in [0.2, 0.25) is 0 Å². The molecule has 0 fully saturated rings. The lowest BCUT2D eigenvalue weighted by Gasteiger charge is -2.10. The highest BCUT2D eigenvalue weighted by Gasteiger charge is 2.02. The summed E-state index contributed by atoms with van der Waals surface area (Å²) >= 11 is 0. The molecule has 0 aliphatic carbocycles. The minimum absolute atomic E-state index is 0.122. The van der Waals surface area contributed by atoms with E-state index in [2.05, 4.69) is 10.6 Å². The van der Waals surface area contributed by atoms with Gasteiger partial charge in [0.2, 0.25) is 5.28 Å². The molecule has 0 aliphatic heterocycles. The van der Waals surface area contributed by atoms with Crippen molar-refractivity contribution in [2.45, 2.75) is 0 Å². The van der Waals surface area contributed by atoms with Gasteiger partial charge in [-0.25, -0.2) is 0 Å². The Bertz CT molecular complexity index is 116. The van der Waals surface area contributed by atoms with E-state index in [0.29, 0.717) is 13.1 Å². The summed E-state index contributed by atoms with van der Waals surface area (Å²) in [5.74, 6) is 0. The van der Waals surface area contributed by atoms with Gasteiger partial charge in [0.05, 0.1) is 18.6 Å². The summed E-state index contributed by atoms with van der Waals surface area (Å²) in [6, 6.07) is 0. The molecule has 6 nitrogen and oxygen atoms in total.